The summed E-state index contributed by atoms with van der Waals surface area (Å²) in [5.41, 5.74) is 17.8. The zero-order valence-electron chi connectivity index (χ0n) is 70.3. The predicted octanol–water partition coefficient (Wildman–Crippen LogP) is 11.1. The zero-order valence-corrected chi connectivity index (χ0v) is 75.4. The van der Waals surface area contributed by atoms with Crippen molar-refractivity contribution in [3.63, 3.8) is 0 Å². The van der Waals surface area contributed by atoms with Crippen LogP contribution in [0.3, 0.4) is 0 Å². The maximum Gasteiger partial charge on any atom is 0.459 e. The van der Waals surface area contributed by atoms with Crippen LogP contribution in [0.1, 0.15) is 78.1 Å². The van der Waals surface area contributed by atoms with Gasteiger partial charge in [-0.3, -0.25) is 28.0 Å². The van der Waals surface area contributed by atoms with E-state index < -0.39 is 115 Å². The molecule has 13 rings (SSSR count). The van der Waals surface area contributed by atoms with Gasteiger partial charge in [0.05, 0.1) is 90.7 Å². The third-order valence-corrected chi connectivity index (χ3v) is 30.0. The lowest BCUT2D eigenvalue weighted by Gasteiger charge is -2.28. The van der Waals surface area contributed by atoms with Crippen LogP contribution in [-0.2, 0) is 83.2 Å². The molecule has 0 radical (unpaired) electrons. The fourth-order valence-corrected chi connectivity index (χ4v) is 22.6. The van der Waals surface area contributed by atoms with E-state index in [0.717, 1.165) is 29.0 Å². The zero-order chi connectivity index (χ0) is 91.6. The summed E-state index contributed by atoms with van der Waals surface area (Å²) in [4.78, 5) is 84.6. The molecule has 0 saturated carbocycles. The fourth-order valence-electron chi connectivity index (χ4n) is 13.3. The Morgan fingerprint density at radius 2 is 0.843 bits per heavy atom. The maximum atomic E-state index is 14.3. The lowest BCUT2D eigenvalue weighted by atomic mass is 10.1. The van der Waals surface area contributed by atoms with Crippen LogP contribution in [-0.4, -0.2) is 189 Å². The number of thioether (sulfide) groups is 3. The van der Waals surface area contributed by atoms with E-state index in [1.54, 1.807) is 114 Å². The van der Waals surface area contributed by atoms with Crippen LogP contribution in [0.5, 0.6) is 17.2 Å². The Hall–Kier alpha value is -10.7. The molecule has 3 fully saturated rings. The van der Waals surface area contributed by atoms with Crippen molar-refractivity contribution in [2.24, 2.45) is 52.2 Å². The van der Waals surface area contributed by atoms with E-state index >= 15 is 0 Å². The monoisotopic (exact) mass is 1870 g/mol. The molecule has 15 atom stereocenters. The van der Waals surface area contributed by atoms with Gasteiger partial charge >= 0.3 is 53.0 Å². The molecule has 680 valence electrons. The lowest BCUT2D eigenvalue weighted by molar-refractivity contribution is -0.396. The first kappa shape index (κ1) is 96.9. The Balaban J connectivity index is 0.000000185. The molecule has 46 heteroatoms. The first-order valence-electron chi connectivity index (χ1n) is 40.0. The van der Waals surface area contributed by atoms with Gasteiger partial charge in [0.2, 0.25) is 0 Å². The van der Waals surface area contributed by atoms with Crippen LogP contribution in [0.4, 0.5) is 11.9 Å². The van der Waals surface area contributed by atoms with Crippen LogP contribution in [0.2, 0.25) is 0 Å². The molecule has 0 spiro atoms. The average molecular weight is 1870 g/mol. The highest BCUT2D eigenvalue weighted by atomic mass is 32.2. The number of benzene rings is 5. The maximum absolute atomic E-state index is 14.3. The first-order chi connectivity index (χ1) is 60.5. The SMILES string of the molecule is C=C1N=C(N)C=CN1[C@H]1C[C@@H](O)[C@@H](COP(=O)(N[C@@H](C)C(=O)OCC(CC)CC)Oc2cccc3ccccc23)S1.C=C1N=C(N)C=CN1[C@H]1C[C@@H](O)[C@@H](COP(=O)(N[C@@H](C)C(=O)OCc2cnc([N+](=O)[O-])n2C)Oc2cccc3ccccc23)S1.C=C1N=C(N)C=CN1[C@H]1C[C@@H](O)[C@@H](COP(=O)(N[C@@H](C)C(=O)OCc2cnc([N+](=O)[O-])n2C)Oc2ccccc2)S1. The number of nitrogens with two attached hydrogens (primary N) is 3. The molecular formula is C81H101N18O22P3S3. The van der Waals surface area contributed by atoms with Gasteiger partial charge in [0.1, 0.15) is 96.0 Å². The van der Waals surface area contributed by atoms with E-state index in [4.69, 9.17) is 58.6 Å². The number of aliphatic hydroxyl groups excluding tert-OH is 3. The molecule has 2 aromatic heterocycles. The van der Waals surface area contributed by atoms with E-state index in [9.17, 15) is 63.6 Å². The number of hydrogen-bond acceptors (Lipinski definition) is 36. The van der Waals surface area contributed by atoms with Crippen LogP contribution in [0.15, 0.2) is 217 Å². The largest absolute Gasteiger partial charge is 0.464 e. The second-order valence-electron chi connectivity index (χ2n) is 29.6. The van der Waals surface area contributed by atoms with E-state index in [-0.39, 0.29) is 78.9 Å². The van der Waals surface area contributed by atoms with Crippen molar-refractivity contribution in [2.45, 2.75) is 148 Å². The summed E-state index contributed by atoms with van der Waals surface area (Å²) in [6, 6.07) is 30.5. The first-order valence-corrected chi connectivity index (χ1v) is 47.4. The number of fused-ring (bicyclic) bond motifs is 2. The van der Waals surface area contributed by atoms with Crippen LogP contribution in [0.25, 0.3) is 21.5 Å². The minimum Gasteiger partial charge on any atom is -0.464 e. The Morgan fingerprint density at radius 3 is 1.18 bits per heavy atom. The molecular weight excluding hydrogens is 1770 g/mol. The molecule has 40 nitrogen and oxygen atoms in total. The number of nitrogens with one attached hydrogen (secondary N) is 3. The highest BCUT2D eigenvalue weighted by Gasteiger charge is 2.45. The Labute approximate surface area is 744 Å². The van der Waals surface area contributed by atoms with Crippen LogP contribution in [0, 0.1) is 26.1 Å². The van der Waals surface area contributed by atoms with Gasteiger partial charge in [-0.05, 0) is 89.8 Å². The molecule has 3 saturated heterocycles. The number of imidazole rings is 2. The quantitative estimate of drug-likeness (QED) is 0.00574. The lowest BCUT2D eigenvalue weighted by Crippen LogP contribution is -2.36. The standard InChI is InChI=1S/C29H39N4O6PS.C28H32N7O8PS.C24H30N7O8PS/c1-5-21(6-2)17-37-29(35)19(3)32-40(36,39-25-13-9-11-22-10-7-8-12-23(22)25)38-18-26-24(34)16-28(41-26)33-15-14-27(30)31-20(33)4;1-17(27(37)41-15-20-14-30-28(33(20)3)35(38)39)32-44(40,43-23-10-6-8-19-7-4-5-9-21(19)23)42-16-24-22(36)13-26(45-24)34-12-11-25(29)31-18(34)2;1-15(23(33)37-13-17-12-26-24(29(17)3)31(34)35)28-40(36,39-18-7-5-4-6-8-18)38-14-20-19(32)11-22(41-20)30-10-9-21(25)27-16(30)2/h7-15,19,21,24,26,28,34H,4-6,16-18H2,1-3H3,(H2,30,31)(H,32,36);4-12,14,17,22,24,26,36H,2,13,15-16H2,1,3H3,(H2,29,31)(H,32,40);4-10,12,15,19-20,22,32H,2,11,13-14H2,1,3H3,(H2,25,27)(H,28,36)/t19-,24+,26+,28+,40?;17-,22+,24+,26+,44?;15-,19+,20+,22+,40?/m000/s1. The number of carbonyl (C=O) groups is 3. The molecule has 8 heterocycles. The molecule has 0 amide bonds. The summed E-state index contributed by atoms with van der Waals surface area (Å²) >= 11 is 4.24. The summed E-state index contributed by atoms with van der Waals surface area (Å²) in [5, 5.41) is 63.6. The average Bonchev–Trinajstić information content (AvgIpc) is 1.80. The number of aromatic nitrogens is 4. The van der Waals surface area contributed by atoms with Crippen molar-refractivity contribution in [3.05, 3.63) is 233 Å². The number of ether oxygens (including phenoxy) is 3. The second kappa shape index (κ2) is 43.9. The van der Waals surface area contributed by atoms with Crippen LogP contribution >= 0.6 is 58.5 Å². The van der Waals surface area contributed by atoms with E-state index in [1.807, 2.05) is 73.3 Å². The molecule has 6 aliphatic rings. The molecule has 6 aliphatic heterocycles. The molecule has 12 N–H and O–H groups in total. The highest BCUT2D eigenvalue weighted by Crippen LogP contribution is 2.52. The van der Waals surface area contributed by atoms with Crippen molar-refractivity contribution in [1.82, 2.24) is 49.1 Å². The summed E-state index contributed by atoms with van der Waals surface area (Å²) in [7, 11) is -9.75. The summed E-state index contributed by atoms with van der Waals surface area (Å²) in [5.74, 6) is 0.477. The van der Waals surface area contributed by atoms with Crippen molar-refractivity contribution in [1.29, 1.82) is 0 Å². The number of amidine groups is 3. The number of aliphatic imine (C=N–C) groups is 3. The Kier molecular flexibility index (Phi) is 33.5. The number of para-hydroxylation sites is 1. The number of nitro groups is 2. The number of aliphatic hydroxyl groups is 3. The van der Waals surface area contributed by atoms with Gasteiger partial charge in [-0.15, -0.1) is 35.3 Å². The molecule has 127 heavy (non-hydrogen) atoms. The van der Waals surface area contributed by atoms with Crippen molar-refractivity contribution in [3.8, 4) is 17.2 Å². The van der Waals surface area contributed by atoms with Gasteiger partial charge in [-0.25, -0.2) is 37.8 Å². The van der Waals surface area contributed by atoms with Gasteiger partial charge in [-0.2, -0.15) is 15.3 Å². The minimum atomic E-state index is -4.29. The van der Waals surface area contributed by atoms with E-state index in [0.29, 0.717) is 71.1 Å². The molecule has 5 aromatic carbocycles. The summed E-state index contributed by atoms with van der Waals surface area (Å²) < 4.78 is 96.0. The van der Waals surface area contributed by atoms with Gasteiger partial charge in [0.15, 0.2) is 11.4 Å². The van der Waals surface area contributed by atoms with E-state index in [1.165, 1.54) is 84.8 Å². The molecule has 7 aromatic rings. The summed E-state index contributed by atoms with van der Waals surface area (Å²) in [6.45, 7) is 19.5. The summed E-state index contributed by atoms with van der Waals surface area (Å²) in [6.07, 6.45) is 13.2. The topological polar surface area (TPSA) is 529 Å². The normalized spacial score (nSPS) is 22.4. The van der Waals surface area contributed by atoms with E-state index in [2.05, 4.69) is 59.9 Å². The predicted molar refractivity (Wildman–Crippen MR) is 482 cm³/mol. The highest BCUT2D eigenvalue weighted by molar-refractivity contribution is 8.01. The number of carbonyl (C=O) groups excluding carboxylic acids is 3. The molecule has 3 unspecified atom stereocenters. The van der Waals surface area contributed by atoms with Gasteiger partial charge < -0.3 is 95.2 Å². The third kappa shape index (κ3) is 25.8. The smallest absolute Gasteiger partial charge is 0.459 e. The van der Waals surface area contributed by atoms with Gasteiger partial charge in [0.25, 0.3) is 0 Å². The number of esters is 3. The number of rotatable bonds is 37. The van der Waals surface area contributed by atoms with Crippen molar-refractivity contribution >= 4 is 127 Å². The van der Waals surface area contributed by atoms with Crippen molar-refractivity contribution in [2.75, 3.05) is 26.4 Å². The number of hydrogen-bond donors (Lipinski definition) is 9. The van der Waals surface area contributed by atoms with Crippen LogP contribution < -0.4 is 46.0 Å². The minimum absolute atomic E-state index is 0.0949. The second-order valence-corrected chi connectivity index (χ2v) is 38.9. The van der Waals surface area contributed by atoms with Crippen molar-refractivity contribution < 1.29 is 94.6 Å². The third-order valence-electron chi connectivity index (χ3n) is 20.5. The number of nitrogens with zero attached hydrogens (tertiary/aromatic N) is 12. The Bertz CT molecular complexity index is 5520. The van der Waals surface area contributed by atoms with Gasteiger partial charge in [-0.1, -0.05) is 147 Å². The van der Waals surface area contributed by atoms with Gasteiger partial charge in [0, 0.05) is 48.6 Å². The molecule has 0 bridgehead atoms. The Morgan fingerprint density at radius 1 is 0.512 bits per heavy atom. The fraction of sp³-hybridized carbons (Fsp3) is 0.383. The molecule has 0 aliphatic carbocycles.